The van der Waals surface area contributed by atoms with Crippen molar-refractivity contribution in [2.24, 2.45) is 0 Å². The smallest absolute Gasteiger partial charge is 0.136 e. The Labute approximate surface area is 131 Å². The maximum atomic E-state index is 4.43. The van der Waals surface area contributed by atoms with Crippen LogP contribution in [0.4, 0.5) is 17.3 Å². The summed E-state index contributed by atoms with van der Waals surface area (Å²) >= 11 is 3.59. The fourth-order valence-electron chi connectivity index (χ4n) is 2.27. The molecule has 0 aliphatic rings. The summed E-state index contributed by atoms with van der Waals surface area (Å²) in [5.41, 5.74) is 1.02. The summed E-state index contributed by atoms with van der Waals surface area (Å²) in [6.07, 6.45) is 0. The number of hydrogen-bond donors (Lipinski definition) is 2. The highest BCUT2D eigenvalue weighted by molar-refractivity contribution is 9.10. The molecule has 0 aliphatic carbocycles. The topological polar surface area (TPSA) is 49.8 Å². The first-order chi connectivity index (χ1) is 10.2. The molecule has 2 aromatic carbocycles. The van der Waals surface area contributed by atoms with Gasteiger partial charge in [0.05, 0.1) is 0 Å². The number of aromatic nitrogens is 2. The van der Waals surface area contributed by atoms with E-state index >= 15 is 0 Å². The van der Waals surface area contributed by atoms with Crippen molar-refractivity contribution in [2.45, 2.75) is 6.92 Å². The van der Waals surface area contributed by atoms with Crippen LogP contribution in [-0.2, 0) is 0 Å². The lowest BCUT2D eigenvalue weighted by Gasteiger charge is -2.11. The minimum atomic E-state index is 0.728. The Hall–Kier alpha value is -2.14. The molecule has 0 atom stereocenters. The third kappa shape index (κ3) is 2.83. The largest absolute Gasteiger partial charge is 0.373 e. The lowest BCUT2D eigenvalue weighted by molar-refractivity contribution is 1.06. The van der Waals surface area contributed by atoms with Gasteiger partial charge in [-0.25, -0.2) is 9.97 Å². The predicted molar refractivity (Wildman–Crippen MR) is 91.2 cm³/mol. The molecule has 0 bridgehead atoms. The second-order valence-electron chi connectivity index (χ2n) is 4.70. The van der Waals surface area contributed by atoms with E-state index in [0.717, 1.165) is 33.0 Å². The first-order valence-corrected chi connectivity index (χ1v) is 7.44. The van der Waals surface area contributed by atoms with Gasteiger partial charge in [0.1, 0.15) is 17.5 Å². The fourth-order valence-corrected chi connectivity index (χ4v) is 2.75. The summed E-state index contributed by atoms with van der Waals surface area (Å²) in [6, 6.07) is 14.2. The number of anilines is 3. The molecule has 0 unspecified atom stereocenters. The maximum Gasteiger partial charge on any atom is 0.136 e. The minimum Gasteiger partial charge on any atom is -0.373 e. The van der Waals surface area contributed by atoms with Gasteiger partial charge in [0.15, 0.2) is 0 Å². The van der Waals surface area contributed by atoms with Crippen LogP contribution in [0.2, 0.25) is 0 Å². The SMILES string of the molecule is CNc1cc(Nc2ccc(Br)c3ccccc23)nc(C)n1. The summed E-state index contributed by atoms with van der Waals surface area (Å²) < 4.78 is 1.08. The van der Waals surface area contributed by atoms with Crippen LogP contribution in [-0.4, -0.2) is 17.0 Å². The molecule has 4 nitrogen and oxygen atoms in total. The van der Waals surface area contributed by atoms with E-state index in [0.29, 0.717) is 0 Å². The summed E-state index contributed by atoms with van der Waals surface area (Å²) in [5.74, 6) is 2.30. The molecule has 0 saturated carbocycles. The Bertz CT molecular complexity index is 801. The van der Waals surface area contributed by atoms with E-state index in [-0.39, 0.29) is 0 Å². The van der Waals surface area contributed by atoms with E-state index in [1.807, 2.05) is 44.3 Å². The third-order valence-electron chi connectivity index (χ3n) is 3.23. The minimum absolute atomic E-state index is 0.728. The van der Waals surface area contributed by atoms with Crippen molar-refractivity contribution in [1.29, 1.82) is 0 Å². The van der Waals surface area contributed by atoms with Crippen LogP contribution >= 0.6 is 15.9 Å². The van der Waals surface area contributed by atoms with Crippen LogP contribution in [0.15, 0.2) is 46.9 Å². The number of halogens is 1. The lowest BCUT2D eigenvalue weighted by Crippen LogP contribution is -2.01. The molecule has 3 rings (SSSR count). The molecular weight excluding hydrogens is 328 g/mol. The number of fused-ring (bicyclic) bond motifs is 1. The van der Waals surface area contributed by atoms with Gasteiger partial charge in [-0.3, -0.25) is 0 Å². The molecule has 106 valence electrons. The lowest BCUT2D eigenvalue weighted by atomic mass is 10.1. The second kappa shape index (κ2) is 5.69. The molecule has 0 saturated heterocycles. The zero-order chi connectivity index (χ0) is 14.8. The van der Waals surface area contributed by atoms with Crippen molar-refractivity contribution in [3.8, 4) is 0 Å². The van der Waals surface area contributed by atoms with Gasteiger partial charge in [0.2, 0.25) is 0 Å². The molecule has 0 fully saturated rings. The first kappa shape index (κ1) is 13.8. The normalized spacial score (nSPS) is 10.6. The van der Waals surface area contributed by atoms with Gasteiger partial charge < -0.3 is 10.6 Å². The Morgan fingerprint density at radius 3 is 2.43 bits per heavy atom. The van der Waals surface area contributed by atoms with Gasteiger partial charge in [-0.1, -0.05) is 40.2 Å². The quantitative estimate of drug-likeness (QED) is 0.736. The van der Waals surface area contributed by atoms with Crippen LogP contribution in [0.5, 0.6) is 0 Å². The van der Waals surface area contributed by atoms with Crippen molar-refractivity contribution in [3.05, 3.63) is 52.8 Å². The Morgan fingerprint density at radius 2 is 1.67 bits per heavy atom. The summed E-state index contributed by atoms with van der Waals surface area (Å²) in [6.45, 7) is 1.88. The molecule has 0 radical (unpaired) electrons. The summed E-state index contributed by atoms with van der Waals surface area (Å²) in [7, 11) is 1.85. The Balaban J connectivity index is 2.06. The number of nitrogens with zero attached hydrogens (tertiary/aromatic N) is 2. The zero-order valence-corrected chi connectivity index (χ0v) is 13.4. The van der Waals surface area contributed by atoms with Gasteiger partial charge in [0, 0.05) is 28.7 Å². The Kier molecular flexibility index (Phi) is 3.75. The molecule has 2 N–H and O–H groups in total. The van der Waals surface area contributed by atoms with Crippen LogP contribution in [0.3, 0.4) is 0 Å². The molecule has 1 aromatic heterocycles. The molecular formula is C16H15BrN4. The molecule has 0 aliphatic heterocycles. The van der Waals surface area contributed by atoms with Crippen LogP contribution in [0.25, 0.3) is 10.8 Å². The fraction of sp³-hybridized carbons (Fsp3) is 0.125. The predicted octanol–water partition coefficient (Wildman–Crippen LogP) is 4.49. The van der Waals surface area contributed by atoms with E-state index in [2.05, 4.69) is 48.7 Å². The van der Waals surface area contributed by atoms with Gasteiger partial charge in [-0.2, -0.15) is 0 Å². The van der Waals surface area contributed by atoms with Crippen LogP contribution < -0.4 is 10.6 Å². The van der Waals surface area contributed by atoms with Crippen molar-refractivity contribution in [3.63, 3.8) is 0 Å². The molecule has 3 aromatic rings. The van der Waals surface area contributed by atoms with E-state index < -0.39 is 0 Å². The van der Waals surface area contributed by atoms with E-state index in [4.69, 9.17) is 0 Å². The van der Waals surface area contributed by atoms with Crippen molar-refractivity contribution < 1.29 is 0 Å². The van der Waals surface area contributed by atoms with Gasteiger partial charge in [0.25, 0.3) is 0 Å². The van der Waals surface area contributed by atoms with E-state index in [9.17, 15) is 0 Å². The van der Waals surface area contributed by atoms with Gasteiger partial charge in [-0.15, -0.1) is 0 Å². The Morgan fingerprint density at radius 1 is 0.952 bits per heavy atom. The number of nitrogens with one attached hydrogen (secondary N) is 2. The first-order valence-electron chi connectivity index (χ1n) is 6.65. The molecule has 5 heteroatoms. The average molecular weight is 343 g/mol. The van der Waals surface area contributed by atoms with Crippen LogP contribution in [0.1, 0.15) is 5.82 Å². The van der Waals surface area contributed by atoms with Crippen LogP contribution in [0, 0.1) is 6.92 Å². The summed E-state index contributed by atoms with van der Waals surface area (Å²) in [5, 5.41) is 8.74. The van der Waals surface area contributed by atoms with Gasteiger partial charge in [-0.05, 0) is 24.4 Å². The second-order valence-corrected chi connectivity index (χ2v) is 5.56. The van der Waals surface area contributed by atoms with E-state index in [1.54, 1.807) is 0 Å². The zero-order valence-electron chi connectivity index (χ0n) is 11.8. The number of aryl methyl sites for hydroxylation is 1. The monoisotopic (exact) mass is 342 g/mol. The summed E-state index contributed by atoms with van der Waals surface area (Å²) in [4.78, 5) is 8.73. The highest BCUT2D eigenvalue weighted by Gasteiger charge is 2.06. The number of hydrogen-bond acceptors (Lipinski definition) is 4. The van der Waals surface area contributed by atoms with Gasteiger partial charge >= 0.3 is 0 Å². The highest BCUT2D eigenvalue weighted by atomic mass is 79.9. The van der Waals surface area contributed by atoms with Crippen molar-refractivity contribution in [2.75, 3.05) is 17.7 Å². The third-order valence-corrected chi connectivity index (χ3v) is 3.92. The number of rotatable bonds is 3. The van der Waals surface area contributed by atoms with E-state index in [1.165, 1.54) is 5.39 Å². The number of benzene rings is 2. The molecule has 1 heterocycles. The molecule has 21 heavy (non-hydrogen) atoms. The molecule has 0 amide bonds. The molecule has 0 spiro atoms. The average Bonchev–Trinajstić information content (AvgIpc) is 2.50. The van der Waals surface area contributed by atoms with Crippen molar-refractivity contribution in [1.82, 2.24) is 9.97 Å². The maximum absolute atomic E-state index is 4.43. The highest BCUT2D eigenvalue weighted by Crippen LogP contribution is 2.31. The van der Waals surface area contributed by atoms with Crippen molar-refractivity contribution >= 4 is 44.0 Å². The standard InChI is InChI=1S/C16H15BrN4/c1-10-19-15(18-2)9-16(20-10)21-14-8-7-13(17)11-5-3-4-6-12(11)14/h3-9H,1-2H3,(H2,18,19,20,21).